The van der Waals surface area contributed by atoms with E-state index in [0.717, 1.165) is 55.7 Å². The fourth-order valence-electron chi connectivity index (χ4n) is 5.73. The third-order valence-corrected chi connectivity index (χ3v) is 8.62. The van der Waals surface area contributed by atoms with Crippen LogP contribution in [-0.4, -0.2) is 11.6 Å². The molecule has 257 valence electrons. The smallest absolute Gasteiger partial charge is 0.219 e. The van der Waals surface area contributed by atoms with Gasteiger partial charge in [-0.15, -0.1) is 0 Å². The van der Waals surface area contributed by atoms with Crippen molar-refractivity contribution in [2.24, 2.45) is 0 Å². The van der Waals surface area contributed by atoms with E-state index in [0.29, 0.717) is 17.0 Å². The summed E-state index contributed by atoms with van der Waals surface area (Å²) in [5.74, 6) is 0.471. The standard InChI is InChI=1S/C45H33N2O.2C2H6/c1-30(32-13-17-36(18-14-32)34-9-5-3-6-10-34)42-29-43(42)44(46)40-25-21-39(22-26-40)38-19-15-33(16-20-38)31(2)48-45(47)41-27-23-37(24-28-41)35-11-7-4-8-12-35;2*1-2/h3-29,46-47H,1-2H2;2*1-2H3. The summed E-state index contributed by atoms with van der Waals surface area (Å²) in [6, 6.07) is 52.7. The molecule has 2 N–H and O–H groups in total. The molecule has 1 aliphatic rings. The molecule has 6 aromatic carbocycles. The predicted molar refractivity (Wildman–Crippen MR) is 222 cm³/mol. The maximum Gasteiger partial charge on any atom is 0.219 e. The Morgan fingerprint density at radius 3 is 1.17 bits per heavy atom. The lowest BCUT2D eigenvalue weighted by Gasteiger charge is -2.11. The van der Waals surface area contributed by atoms with Crippen molar-refractivity contribution in [2.75, 3.05) is 0 Å². The second-order valence-corrected chi connectivity index (χ2v) is 11.7. The molecule has 3 nitrogen and oxygen atoms in total. The van der Waals surface area contributed by atoms with E-state index in [-0.39, 0.29) is 5.90 Å². The van der Waals surface area contributed by atoms with E-state index in [4.69, 9.17) is 15.6 Å². The normalized spacial score (nSPS) is 11.2. The van der Waals surface area contributed by atoms with Crippen molar-refractivity contribution in [2.45, 2.75) is 27.7 Å². The van der Waals surface area contributed by atoms with Gasteiger partial charge in [0.25, 0.3) is 0 Å². The van der Waals surface area contributed by atoms with Crippen molar-refractivity contribution >= 4 is 22.9 Å². The highest BCUT2D eigenvalue weighted by molar-refractivity contribution is 6.20. The van der Waals surface area contributed by atoms with Gasteiger partial charge in [-0.3, -0.25) is 10.8 Å². The van der Waals surface area contributed by atoms with Gasteiger partial charge in [0.2, 0.25) is 5.90 Å². The van der Waals surface area contributed by atoms with Crippen LogP contribution >= 0.6 is 0 Å². The lowest BCUT2D eigenvalue weighted by molar-refractivity contribution is 0.506. The Morgan fingerprint density at radius 2 is 0.750 bits per heavy atom. The van der Waals surface area contributed by atoms with Crippen LogP contribution in [0.1, 0.15) is 49.9 Å². The van der Waals surface area contributed by atoms with Crippen molar-refractivity contribution in [3.8, 4) is 33.4 Å². The van der Waals surface area contributed by atoms with Crippen LogP contribution in [-0.2, 0) is 4.74 Å². The summed E-state index contributed by atoms with van der Waals surface area (Å²) in [6.07, 6.45) is 2.04. The van der Waals surface area contributed by atoms with Crippen molar-refractivity contribution in [1.29, 1.82) is 10.8 Å². The summed E-state index contributed by atoms with van der Waals surface area (Å²) < 4.78 is 5.81. The SMILES string of the molecule is C=C(OC(=N)c1ccc(-c2ccccc2)cc1)c1ccc(-c2ccc(C(=N)C3=C(C(=C)c4ccc(-c5ccccc5)cc4)[CH]3)cc2)cc1.CC.CC. The summed E-state index contributed by atoms with van der Waals surface area (Å²) in [5, 5.41) is 17.3. The Hall–Kier alpha value is -6.32. The average molecular weight is 678 g/mol. The second kappa shape index (κ2) is 17.6. The molecule has 0 unspecified atom stereocenters. The molecule has 1 radical (unpaired) electrons. The Labute approximate surface area is 309 Å². The minimum absolute atomic E-state index is 0.0532. The molecule has 0 atom stereocenters. The molecule has 0 amide bonds. The molecule has 7 rings (SSSR count). The lowest BCUT2D eigenvalue weighted by atomic mass is 9.99. The first kappa shape index (κ1) is 36.9. The van der Waals surface area contributed by atoms with Crippen LogP contribution < -0.4 is 0 Å². The van der Waals surface area contributed by atoms with Crippen LogP contribution in [0.3, 0.4) is 0 Å². The van der Waals surface area contributed by atoms with Gasteiger partial charge in [0.1, 0.15) is 5.76 Å². The van der Waals surface area contributed by atoms with Crippen molar-refractivity contribution < 1.29 is 4.74 Å². The number of hydrogen-bond acceptors (Lipinski definition) is 3. The highest BCUT2D eigenvalue weighted by atomic mass is 16.5. The quantitative estimate of drug-likeness (QED) is 0.0846. The molecular formula is C49H45N2O. The average Bonchev–Trinajstić information content (AvgIpc) is 4.04. The Bertz CT molecular complexity index is 2170. The zero-order valence-electron chi connectivity index (χ0n) is 30.4. The maximum absolute atomic E-state index is 8.83. The van der Waals surface area contributed by atoms with Gasteiger partial charge < -0.3 is 4.74 Å². The molecule has 52 heavy (non-hydrogen) atoms. The van der Waals surface area contributed by atoms with Gasteiger partial charge in [-0.1, -0.05) is 186 Å². The van der Waals surface area contributed by atoms with Gasteiger partial charge >= 0.3 is 0 Å². The molecule has 0 fully saturated rings. The topological polar surface area (TPSA) is 56.9 Å². The van der Waals surface area contributed by atoms with E-state index in [1.807, 2.05) is 143 Å². The van der Waals surface area contributed by atoms with Crippen LogP contribution in [0.2, 0.25) is 0 Å². The van der Waals surface area contributed by atoms with Crippen LogP contribution in [0.5, 0.6) is 0 Å². The predicted octanol–water partition coefficient (Wildman–Crippen LogP) is 13.3. The third-order valence-electron chi connectivity index (χ3n) is 8.62. The number of hydrogen-bond donors (Lipinski definition) is 2. The first-order valence-electron chi connectivity index (χ1n) is 17.8. The minimum atomic E-state index is 0.0532. The minimum Gasteiger partial charge on any atom is -0.439 e. The third kappa shape index (κ3) is 8.69. The summed E-state index contributed by atoms with van der Waals surface area (Å²) >= 11 is 0. The molecular weight excluding hydrogens is 633 g/mol. The van der Waals surface area contributed by atoms with E-state index in [1.54, 1.807) is 0 Å². The molecule has 0 spiro atoms. The van der Waals surface area contributed by atoms with Crippen molar-refractivity contribution in [3.05, 3.63) is 211 Å². The summed E-state index contributed by atoms with van der Waals surface area (Å²) in [6.45, 7) is 16.4. The number of nitrogens with one attached hydrogen (secondary N) is 2. The first-order valence-corrected chi connectivity index (χ1v) is 17.8. The van der Waals surface area contributed by atoms with Crippen LogP contribution in [0.4, 0.5) is 0 Å². The van der Waals surface area contributed by atoms with Crippen LogP contribution in [0.25, 0.3) is 44.7 Å². The van der Waals surface area contributed by atoms with Gasteiger partial charge in [0, 0.05) is 17.5 Å². The molecule has 0 bridgehead atoms. The van der Waals surface area contributed by atoms with Gasteiger partial charge in [-0.05, 0) is 73.4 Å². The summed E-state index contributed by atoms with van der Waals surface area (Å²) in [5.41, 5.74) is 13.5. The lowest BCUT2D eigenvalue weighted by Crippen LogP contribution is -2.04. The molecule has 0 aromatic heterocycles. The zero-order chi connectivity index (χ0) is 37.0. The van der Waals surface area contributed by atoms with Crippen molar-refractivity contribution in [3.63, 3.8) is 0 Å². The summed E-state index contributed by atoms with van der Waals surface area (Å²) in [4.78, 5) is 0. The van der Waals surface area contributed by atoms with E-state index < -0.39 is 0 Å². The number of allylic oxidation sites excluding steroid dienone is 3. The van der Waals surface area contributed by atoms with Gasteiger partial charge in [-0.25, -0.2) is 0 Å². The first-order chi connectivity index (χ1) is 25.4. The fourth-order valence-corrected chi connectivity index (χ4v) is 5.73. The van der Waals surface area contributed by atoms with Gasteiger partial charge in [-0.2, -0.15) is 0 Å². The molecule has 6 aromatic rings. The van der Waals surface area contributed by atoms with Crippen LogP contribution in [0, 0.1) is 17.2 Å². The Balaban J connectivity index is 0.00000126. The fraction of sp³-hybridized carbons (Fsp3) is 0.0816. The highest BCUT2D eigenvalue weighted by Gasteiger charge is 2.29. The molecule has 0 saturated carbocycles. The zero-order valence-corrected chi connectivity index (χ0v) is 30.4. The van der Waals surface area contributed by atoms with E-state index in [1.165, 1.54) is 11.1 Å². The highest BCUT2D eigenvalue weighted by Crippen LogP contribution is 2.42. The van der Waals surface area contributed by atoms with Crippen LogP contribution in [0.15, 0.2) is 182 Å². The number of ether oxygens (including phenoxy) is 1. The maximum atomic E-state index is 8.83. The molecule has 1 aliphatic carbocycles. The summed E-state index contributed by atoms with van der Waals surface area (Å²) in [7, 11) is 0. The number of rotatable bonds is 10. The second-order valence-electron chi connectivity index (χ2n) is 11.7. The monoisotopic (exact) mass is 677 g/mol. The van der Waals surface area contributed by atoms with E-state index in [2.05, 4.69) is 61.7 Å². The Morgan fingerprint density at radius 1 is 0.404 bits per heavy atom. The van der Waals surface area contributed by atoms with E-state index in [9.17, 15) is 0 Å². The Kier molecular flexibility index (Phi) is 12.5. The molecule has 0 aliphatic heterocycles. The van der Waals surface area contributed by atoms with Crippen molar-refractivity contribution in [1.82, 2.24) is 0 Å². The molecule has 0 saturated heterocycles. The van der Waals surface area contributed by atoms with Gasteiger partial charge in [0.05, 0.1) is 5.71 Å². The van der Waals surface area contributed by atoms with Gasteiger partial charge in [0.15, 0.2) is 0 Å². The van der Waals surface area contributed by atoms with E-state index >= 15 is 0 Å². The largest absolute Gasteiger partial charge is 0.439 e. The molecule has 0 heterocycles. The molecule has 3 heteroatoms. The number of benzene rings is 6.